The minimum Gasteiger partial charge on any atom is -0.497 e. The van der Waals surface area contributed by atoms with Gasteiger partial charge in [0, 0.05) is 15.6 Å². The van der Waals surface area contributed by atoms with Crippen molar-refractivity contribution in [2.45, 2.75) is 13.5 Å². The van der Waals surface area contributed by atoms with Gasteiger partial charge in [-0.1, -0.05) is 45.4 Å². The zero-order chi connectivity index (χ0) is 27.6. The number of hydrogen-bond donors (Lipinski definition) is 0. The molecule has 0 spiro atoms. The molecule has 6 aromatic rings. The van der Waals surface area contributed by atoms with Gasteiger partial charge in [0.05, 0.1) is 25.3 Å². The highest BCUT2D eigenvalue weighted by Crippen LogP contribution is 2.42. The quantitative estimate of drug-likeness (QED) is 0.139. The summed E-state index contributed by atoms with van der Waals surface area (Å²) in [7, 11) is 3.28. The summed E-state index contributed by atoms with van der Waals surface area (Å²) in [6, 6.07) is 23.4. The molecule has 9 nitrogen and oxygen atoms in total. The lowest BCUT2D eigenvalue weighted by atomic mass is 9.99. The van der Waals surface area contributed by atoms with Crippen molar-refractivity contribution in [1.82, 2.24) is 19.6 Å². The predicted molar refractivity (Wildman–Crippen MR) is 156 cm³/mol. The van der Waals surface area contributed by atoms with Crippen molar-refractivity contribution in [2.75, 3.05) is 14.2 Å². The molecule has 0 radical (unpaired) electrons. The molecular formula is C30H24BrN5O4. The van der Waals surface area contributed by atoms with Crippen molar-refractivity contribution in [2.24, 2.45) is 5.16 Å². The largest absolute Gasteiger partial charge is 0.497 e. The number of halogens is 1. The first-order valence-electron chi connectivity index (χ1n) is 12.4. The molecule has 6 rings (SSSR count). The number of aromatic nitrogens is 4. The van der Waals surface area contributed by atoms with Gasteiger partial charge in [0.1, 0.15) is 23.6 Å². The van der Waals surface area contributed by atoms with Crippen LogP contribution in [0.2, 0.25) is 0 Å². The van der Waals surface area contributed by atoms with Crippen molar-refractivity contribution in [3.05, 3.63) is 95.0 Å². The number of rotatable bonds is 8. The van der Waals surface area contributed by atoms with E-state index in [-0.39, 0.29) is 6.61 Å². The molecule has 0 fully saturated rings. The van der Waals surface area contributed by atoms with E-state index in [1.165, 1.54) is 0 Å². The van der Waals surface area contributed by atoms with Crippen LogP contribution in [0.15, 0.2) is 93.2 Å². The van der Waals surface area contributed by atoms with E-state index in [9.17, 15) is 0 Å². The number of fused-ring (bicyclic) bond motifs is 3. The first-order valence-corrected chi connectivity index (χ1v) is 13.2. The summed E-state index contributed by atoms with van der Waals surface area (Å²) in [5.41, 5.74) is 5.43. The SMILES string of the molecule is COc1ccc(-c2oc3ncn4nc(CO/N=C(\C)c5ccc(Br)cc5)nc4c3c2-c2ccc(OC)cc2)cc1. The van der Waals surface area contributed by atoms with Crippen molar-refractivity contribution in [1.29, 1.82) is 0 Å². The van der Waals surface area contributed by atoms with Gasteiger partial charge in [0.2, 0.25) is 5.71 Å². The Kier molecular flexibility index (Phi) is 6.91. The van der Waals surface area contributed by atoms with E-state index in [0.717, 1.165) is 49.3 Å². The number of nitrogens with zero attached hydrogens (tertiary/aromatic N) is 5. The molecule has 0 aliphatic carbocycles. The summed E-state index contributed by atoms with van der Waals surface area (Å²) < 4.78 is 19.7. The topological polar surface area (TPSA) is 96.3 Å². The number of furan rings is 1. The van der Waals surface area contributed by atoms with Gasteiger partial charge in [-0.2, -0.15) is 0 Å². The Morgan fingerprint density at radius 1 is 0.900 bits per heavy atom. The summed E-state index contributed by atoms with van der Waals surface area (Å²) in [4.78, 5) is 14.9. The molecule has 10 heteroatoms. The zero-order valence-electron chi connectivity index (χ0n) is 22.0. The van der Waals surface area contributed by atoms with Crippen LogP contribution in [0.4, 0.5) is 0 Å². The van der Waals surface area contributed by atoms with Gasteiger partial charge in [-0.3, -0.25) is 0 Å². The van der Waals surface area contributed by atoms with E-state index in [2.05, 4.69) is 31.2 Å². The van der Waals surface area contributed by atoms with E-state index in [1.807, 2.05) is 79.7 Å². The molecule has 3 aromatic carbocycles. The maximum atomic E-state index is 6.34. The zero-order valence-corrected chi connectivity index (χ0v) is 23.5. The highest BCUT2D eigenvalue weighted by molar-refractivity contribution is 9.10. The molecule has 0 aliphatic rings. The van der Waals surface area contributed by atoms with Gasteiger partial charge >= 0.3 is 0 Å². The van der Waals surface area contributed by atoms with Crippen LogP contribution >= 0.6 is 15.9 Å². The molecule has 3 heterocycles. The van der Waals surface area contributed by atoms with Crippen molar-refractivity contribution in [3.63, 3.8) is 0 Å². The predicted octanol–water partition coefficient (Wildman–Crippen LogP) is 6.93. The normalized spacial score (nSPS) is 11.8. The summed E-state index contributed by atoms with van der Waals surface area (Å²) in [5.74, 6) is 2.65. The summed E-state index contributed by atoms with van der Waals surface area (Å²) in [6.45, 7) is 1.99. The molecule has 3 aromatic heterocycles. The molecule has 40 heavy (non-hydrogen) atoms. The summed E-state index contributed by atoms with van der Waals surface area (Å²) >= 11 is 3.45. The smallest absolute Gasteiger partial charge is 0.232 e. The first-order chi connectivity index (χ1) is 19.5. The molecule has 0 N–H and O–H groups in total. The van der Waals surface area contributed by atoms with Crippen LogP contribution in [-0.4, -0.2) is 39.5 Å². The average molecular weight is 598 g/mol. The Bertz CT molecular complexity index is 1830. The Morgan fingerprint density at radius 2 is 1.55 bits per heavy atom. The van der Waals surface area contributed by atoms with Gasteiger partial charge in [-0.15, -0.1) is 5.10 Å². The first kappa shape index (κ1) is 25.6. The second-order valence-corrected chi connectivity index (χ2v) is 9.86. The van der Waals surface area contributed by atoms with Crippen LogP contribution in [0, 0.1) is 0 Å². The minimum absolute atomic E-state index is 0.0953. The lowest BCUT2D eigenvalue weighted by Crippen LogP contribution is -1.97. The molecule has 0 aliphatic heterocycles. The molecule has 0 atom stereocenters. The molecular weight excluding hydrogens is 574 g/mol. The van der Waals surface area contributed by atoms with Gasteiger partial charge in [0.15, 0.2) is 18.1 Å². The van der Waals surface area contributed by atoms with Crippen molar-refractivity contribution >= 4 is 38.4 Å². The molecule has 0 bridgehead atoms. The maximum absolute atomic E-state index is 6.34. The van der Waals surface area contributed by atoms with Gasteiger partial charge < -0.3 is 18.7 Å². The Morgan fingerprint density at radius 3 is 2.20 bits per heavy atom. The fourth-order valence-electron chi connectivity index (χ4n) is 4.41. The average Bonchev–Trinajstić information content (AvgIpc) is 3.59. The highest BCUT2D eigenvalue weighted by Gasteiger charge is 2.23. The van der Waals surface area contributed by atoms with Crippen LogP contribution in [0.25, 0.3) is 39.2 Å². The second kappa shape index (κ2) is 10.8. The van der Waals surface area contributed by atoms with Crippen LogP contribution in [-0.2, 0) is 11.4 Å². The Labute approximate surface area is 238 Å². The monoisotopic (exact) mass is 597 g/mol. The molecule has 200 valence electrons. The number of oxime groups is 1. The number of ether oxygens (including phenoxy) is 2. The lowest BCUT2D eigenvalue weighted by Gasteiger charge is -2.06. The number of methoxy groups -OCH3 is 2. The Balaban J connectivity index is 1.41. The fraction of sp³-hybridized carbons (Fsp3) is 0.133. The minimum atomic E-state index is 0.0953. The van der Waals surface area contributed by atoms with Crippen LogP contribution in [0.5, 0.6) is 11.5 Å². The standard InChI is InChI=1S/C30H24BrN5O4/c1-18(19-4-10-22(31)11-5-19)35-39-16-25-33-29-27-26(20-6-12-23(37-2)13-7-20)28(21-8-14-24(38-3)15-9-21)40-30(27)32-17-36(29)34-25/h4-15,17H,16H2,1-3H3/b35-18+. The molecule has 0 saturated heterocycles. The second-order valence-electron chi connectivity index (χ2n) is 8.94. The third kappa shape index (κ3) is 4.89. The van der Waals surface area contributed by atoms with Crippen LogP contribution < -0.4 is 9.47 Å². The van der Waals surface area contributed by atoms with Crippen molar-refractivity contribution < 1.29 is 18.7 Å². The number of hydrogen-bond acceptors (Lipinski definition) is 8. The fourth-order valence-corrected chi connectivity index (χ4v) is 4.68. The molecule has 0 unspecified atom stereocenters. The Hall–Kier alpha value is -4.70. The maximum Gasteiger partial charge on any atom is 0.232 e. The summed E-state index contributed by atoms with van der Waals surface area (Å²) in [5, 5.41) is 9.56. The molecule has 0 amide bonds. The van der Waals surface area contributed by atoms with E-state index < -0.39 is 0 Å². The van der Waals surface area contributed by atoms with E-state index in [0.29, 0.717) is 22.9 Å². The molecule has 0 saturated carbocycles. The number of benzene rings is 3. The van der Waals surface area contributed by atoms with E-state index in [4.69, 9.17) is 23.7 Å². The van der Waals surface area contributed by atoms with Crippen LogP contribution in [0.3, 0.4) is 0 Å². The van der Waals surface area contributed by atoms with E-state index >= 15 is 0 Å². The third-order valence-corrected chi connectivity index (χ3v) is 6.99. The van der Waals surface area contributed by atoms with E-state index in [1.54, 1.807) is 25.1 Å². The van der Waals surface area contributed by atoms with Crippen LogP contribution in [0.1, 0.15) is 18.3 Å². The lowest BCUT2D eigenvalue weighted by molar-refractivity contribution is 0.125. The third-order valence-electron chi connectivity index (χ3n) is 6.46. The summed E-state index contributed by atoms with van der Waals surface area (Å²) in [6.07, 6.45) is 1.59. The van der Waals surface area contributed by atoms with Crippen molar-refractivity contribution in [3.8, 4) is 33.9 Å². The van der Waals surface area contributed by atoms with Gasteiger partial charge in [0.25, 0.3) is 0 Å². The highest BCUT2D eigenvalue weighted by atomic mass is 79.9. The van der Waals surface area contributed by atoms with Gasteiger partial charge in [-0.05, 0) is 66.6 Å². The van der Waals surface area contributed by atoms with Gasteiger partial charge in [-0.25, -0.2) is 14.5 Å².